The average molecular weight is 306 g/mol. The van der Waals surface area contributed by atoms with Gasteiger partial charge in [-0.3, -0.25) is 0 Å². The van der Waals surface area contributed by atoms with E-state index in [1.807, 2.05) is 22.8 Å². The SMILES string of the molecule is COc1ccc2c(c1)[nH]c(=S)n2Cc1ccc(F)c(F)c1. The molecule has 3 nitrogen and oxygen atoms in total. The van der Waals surface area contributed by atoms with E-state index in [-0.39, 0.29) is 0 Å². The van der Waals surface area contributed by atoms with Crippen LogP contribution in [0.4, 0.5) is 8.78 Å². The molecule has 0 aliphatic heterocycles. The van der Waals surface area contributed by atoms with Crippen LogP contribution in [0.5, 0.6) is 5.75 Å². The van der Waals surface area contributed by atoms with Crippen LogP contribution in [-0.2, 0) is 6.54 Å². The van der Waals surface area contributed by atoms with Crippen LogP contribution in [0.3, 0.4) is 0 Å². The lowest BCUT2D eigenvalue weighted by molar-refractivity contribution is 0.415. The Morgan fingerprint density at radius 2 is 1.95 bits per heavy atom. The van der Waals surface area contributed by atoms with Crippen molar-refractivity contribution in [1.82, 2.24) is 9.55 Å². The number of fused-ring (bicyclic) bond motifs is 1. The van der Waals surface area contributed by atoms with Gasteiger partial charge in [-0.2, -0.15) is 0 Å². The molecule has 6 heteroatoms. The quantitative estimate of drug-likeness (QED) is 0.740. The highest BCUT2D eigenvalue weighted by molar-refractivity contribution is 7.71. The molecule has 0 saturated heterocycles. The van der Waals surface area contributed by atoms with Crippen molar-refractivity contribution in [3.8, 4) is 5.75 Å². The minimum atomic E-state index is -0.861. The van der Waals surface area contributed by atoms with Gasteiger partial charge in [0.15, 0.2) is 16.4 Å². The van der Waals surface area contributed by atoms with Crippen LogP contribution >= 0.6 is 12.2 Å². The molecule has 0 bridgehead atoms. The molecular formula is C15H12F2N2OS. The molecule has 0 unspecified atom stereocenters. The minimum Gasteiger partial charge on any atom is -0.497 e. The van der Waals surface area contributed by atoms with Gasteiger partial charge >= 0.3 is 0 Å². The Balaban J connectivity index is 2.05. The first-order valence-electron chi connectivity index (χ1n) is 6.29. The number of ether oxygens (including phenoxy) is 1. The number of aromatic nitrogens is 2. The number of hydrogen-bond donors (Lipinski definition) is 1. The van der Waals surface area contributed by atoms with Gasteiger partial charge in [0, 0.05) is 6.07 Å². The molecular weight excluding hydrogens is 294 g/mol. The Bertz CT molecular complexity index is 870. The van der Waals surface area contributed by atoms with Crippen LogP contribution in [0.25, 0.3) is 11.0 Å². The van der Waals surface area contributed by atoms with Crippen molar-refractivity contribution in [2.24, 2.45) is 0 Å². The summed E-state index contributed by atoms with van der Waals surface area (Å²) in [5, 5.41) is 0. The van der Waals surface area contributed by atoms with Crippen molar-refractivity contribution in [2.75, 3.05) is 7.11 Å². The number of nitrogens with zero attached hydrogens (tertiary/aromatic N) is 1. The van der Waals surface area contributed by atoms with E-state index in [9.17, 15) is 8.78 Å². The maximum absolute atomic E-state index is 13.3. The van der Waals surface area contributed by atoms with E-state index in [0.29, 0.717) is 16.9 Å². The topological polar surface area (TPSA) is 29.9 Å². The summed E-state index contributed by atoms with van der Waals surface area (Å²) in [6, 6.07) is 9.38. The number of halogens is 2. The van der Waals surface area contributed by atoms with Crippen LogP contribution in [0.2, 0.25) is 0 Å². The molecule has 0 amide bonds. The van der Waals surface area contributed by atoms with Gasteiger partial charge in [0.2, 0.25) is 0 Å². The average Bonchev–Trinajstić information content (AvgIpc) is 2.78. The van der Waals surface area contributed by atoms with Crippen molar-refractivity contribution < 1.29 is 13.5 Å². The summed E-state index contributed by atoms with van der Waals surface area (Å²) in [6.07, 6.45) is 0. The van der Waals surface area contributed by atoms with Gasteiger partial charge < -0.3 is 14.3 Å². The maximum atomic E-state index is 13.3. The Labute approximate surface area is 124 Å². The van der Waals surface area contributed by atoms with E-state index >= 15 is 0 Å². The van der Waals surface area contributed by atoms with Crippen molar-refractivity contribution in [3.05, 3.63) is 58.4 Å². The van der Waals surface area contributed by atoms with E-state index in [1.54, 1.807) is 13.2 Å². The zero-order chi connectivity index (χ0) is 15.0. The number of imidazole rings is 1. The lowest BCUT2D eigenvalue weighted by Gasteiger charge is -2.06. The largest absolute Gasteiger partial charge is 0.497 e. The van der Waals surface area contributed by atoms with Crippen molar-refractivity contribution in [2.45, 2.75) is 6.54 Å². The summed E-state index contributed by atoms with van der Waals surface area (Å²) in [5.41, 5.74) is 2.36. The molecule has 0 aliphatic carbocycles. The molecule has 0 atom stereocenters. The number of benzene rings is 2. The van der Waals surface area contributed by atoms with Gasteiger partial charge in [0.1, 0.15) is 5.75 Å². The van der Waals surface area contributed by atoms with Crippen molar-refractivity contribution in [1.29, 1.82) is 0 Å². The zero-order valence-corrected chi connectivity index (χ0v) is 12.0. The van der Waals surface area contributed by atoms with Crippen LogP contribution in [0.1, 0.15) is 5.56 Å². The first-order chi connectivity index (χ1) is 10.1. The third kappa shape index (κ3) is 2.54. The molecule has 0 spiro atoms. The number of hydrogen-bond acceptors (Lipinski definition) is 2. The molecule has 0 saturated carbocycles. The van der Waals surface area contributed by atoms with Gasteiger partial charge in [-0.05, 0) is 42.0 Å². The molecule has 1 aromatic heterocycles. The van der Waals surface area contributed by atoms with Crippen LogP contribution < -0.4 is 4.74 Å². The van der Waals surface area contributed by atoms with Gasteiger partial charge in [-0.1, -0.05) is 6.07 Å². The summed E-state index contributed by atoms with van der Waals surface area (Å²) in [5.74, 6) is -0.995. The lowest BCUT2D eigenvalue weighted by atomic mass is 10.2. The second kappa shape index (κ2) is 5.29. The molecule has 0 aliphatic rings. The predicted molar refractivity (Wildman–Crippen MR) is 79.1 cm³/mol. The monoisotopic (exact) mass is 306 g/mol. The highest BCUT2D eigenvalue weighted by atomic mass is 32.1. The predicted octanol–water partition coefficient (Wildman–Crippen LogP) is 4.03. The van der Waals surface area contributed by atoms with E-state index in [1.165, 1.54) is 6.07 Å². The fourth-order valence-corrected chi connectivity index (χ4v) is 2.52. The van der Waals surface area contributed by atoms with Crippen LogP contribution in [0.15, 0.2) is 36.4 Å². The Hall–Kier alpha value is -2.21. The summed E-state index contributed by atoms with van der Waals surface area (Å²) >= 11 is 5.29. The van der Waals surface area contributed by atoms with Crippen LogP contribution in [-0.4, -0.2) is 16.7 Å². The van der Waals surface area contributed by atoms with Crippen molar-refractivity contribution >= 4 is 23.3 Å². The minimum absolute atomic E-state index is 0.363. The molecule has 2 aromatic carbocycles. The smallest absolute Gasteiger partial charge is 0.178 e. The number of methoxy groups -OCH3 is 1. The Morgan fingerprint density at radius 1 is 1.14 bits per heavy atom. The zero-order valence-electron chi connectivity index (χ0n) is 11.2. The molecule has 3 rings (SSSR count). The molecule has 3 aromatic rings. The molecule has 0 radical (unpaired) electrons. The molecule has 0 fully saturated rings. The number of aromatic amines is 1. The third-order valence-corrected chi connectivity index (χ3v) is 3.63. The molecule has 108 valence electrons. The first kappa shape index (κ1) is 13.8. The fraction of sp³-hybridized carbons (Fsp3) is 0.133. The van der Waals surface area contributed by atoms with E-state index in [0.717, 1.165) is 22.8 Å². The van der Waals surface area contributed by atoms with E-state index in [4.69, 9.17) is 17.0 Å². The lowest BCUT2D eigenvalue weighted by Crippen LogP contribution is -2.00. The van der Waals surface area contributed by atoms with Gasteiger partial charge in [0.05, 0.1) is 24.7 Å². The van der Waals surface area contributed by atoms with E-state index in [2.05, 4.69) is 4.98 Å². The second-order valence-electron chi connectivity index (χ2n) is 4.65. The normalized spacial score (nSPS) is 11.0. The van der Waals surface area contributed by atoms with Gasteiger partial charge in [-0.15, -0.1) is 0 Å². The maximum Gasteiger partial charge on any atom is 0.178 e. The summed E-state index contributed by atoms with van der Waals surface area (Å²) in [6.45, 7) is 0.363. The Kier molecular flexibility index (Phi) is 3.47. The highest BCUT2D eigenvalue weighted by Crippen LogP contribution is 2.21. The summed E-state index contributed by atoms with van der Waals surface area (Å²) in [7, 11) is 1.59. The highest BCUT2D eigenvalue weighted by Gasteiger charge is 2.08. The standard InChI is InChI=1S/C15H12F2N2OS/c1-20-10-3-5-14-13(7-10)18-15(21)19(14)8-9-2-4-11(16)12(17)6-9/h2-7H,8H2,1H3,(H,18,21). The third-order valence-electron chi connectivity index (χ3n) is 3.31. The van der Waals surface area contributed by atoms with Crippen LogP contribution in [0, 0.1) is 16.4 Å². The van der Waals surface area contributed by atoms with Crippen molar-refractivity contribution in [3.63, 3.8) is 0 Å². The summed E-state index contributed by atoms with van der Waals surface area (Å²) < 4.78 is 33.8. The second-order valence-corrected chi connectivity index (χ2v) is 5.03. The number of H-pyrrole nitrogens is 1. The van der Waals surface area contributed by atoms with Gasteiger partial charge in [-0.25, -0.2) is 8.78 Å². The molecule has 1 N–H and O–H groups in total. The number of rotatable bonds is 3. The molecule has 21 heavy (non-hydrogen) atoms. The van der Waals surface area contributed by atoms with E-state index < -0.39 is 11.6 Å². The fourth-order valence-electron chi connectivity index (χ4n) is 2.25. The molecule has 1 heterocycles. The Morgan fingerprint density at radius 3 is 2.67 bits per heavy atom. The van der Waals surface area contributed by atoms with Gasteiger partial charge in [0.25, 0.3) is 0 Å². The summed E-state index contributed by atoms with van der Waals surface area (Å²) in [4.78, 5) is 3.08. The first-order valence-corrected chi connectivity index (χ1v) is 6.70. The number of nitrogens with one attached hydrogen (secondary N) is 1.